The summed E-state index contributed by atoms with van der Waals surface area (Å²) >= 11 is 0. The molecule has 0 saturated heterocycles. The molecule has 0 radical (unpaired) electrons. The van der Waals surface area contributed by atoms with Crippen LogP contribution in [0.25, 0.3) is 115 Å². The Bertz CT molecular complexity index is 3750. The monoisotopic (exact) mass is 848 g/mol. The van der Waals surface area contributed by atoms with Gasteiger partial charge in [-0.1, -0.05) is 224 Å². The third-order valence-electron chi connectivity index (χ3n) is 16.1. The minimum atomic E-state index is 0.437. The van der Waals surface area contributed by atoms with Gasteiger partial charge in [-0.25, -0.2) is 0 Å². The summed E-state index contributed by atoms with van der Waals surface area (Å²) in [4.78, 5) is 0. The second-order valence-electron chi connectivity index (χ2n) is 21.7. The zero-order chi connectivity index (χ0) is 45.2. The van der Waals surface area contributed by atoms with Crippen LogP contribution in [0.5, 0.6) is 0 Å². The largest absolute Gasteiger partial charge is 0.165 e. The van der Waals surface area contributed by atoms with Crippen LogP contribution in [0.2, 0.25) is 13.6 Å². The van der Waals surface area contributed by atoms with Crippen LogP contribution in [-0.4, -0.2) is 6.71 Å². The van der Waals surface area contributed by atoms with Gasteiger partial charge in [0, 0.05) is 0 Å². The van der Waals surface area contributed by atoms with Gasteiger partial charge in [0.2, 0.25) is 0 Å². The lowest BCUT2D eigenvalue weighted by atomic mass is 9.46. The average Bonchev–Trinajstić information content (AvgIpc) is 3.95. The molecule has 320 valence electrons. The Balaban J connectivity index is 0.000000525. The highest BCUT2D eigenvalue weighted by Crippen LogP contribution is 2.62. The number of fused-ring (bicyclic) bond motifs is 9. The van der Waals surface area contributed by atoms with E-state index in [1.165, 1.54) is 121 Å². The summed E-state index contributed by atoms with van der Waals surface area (Å²) in [6.07, 6.45) is 1.23. The van der Waals surface area contributed by atoms with Crippen LogP contribution >= 0.6 is 0 Å². The molecule has 13 rings (SSSR count). The van der Waals surface area contributed by atoms with Crippen LogP contribution in [0.1, 0.15) is 59.4 Å². The van der Waals surface area contributed by atoms with Gasteiger partial charge in [-0.05, 0) is 161 Å². The van der Waals surface area contributed by atoms with Gasteiger partial charge in [-0.15, -0.1) is 0 Å². The molecule has 11 aromatic carbocycles. The fraction of sp³-hybridized carbons (Fsp3) is 0.200. The molecule has 0 spiro atoms. The third-order valence-corrected chi connectivity index (χ3v) is 16.1. The average molecular weight is 849 g/mol. The lowest BCUT2D eigenvalue weighted by Crippen LogP contribution is -2.25. The maximum Gasteiger partial charge on any atom is 0.165 e. The Kier molecular flexibility index (Phi) is 9.22. The van der Waals surface area contributed by atoms with Crippen molar-refractivity contribution in [3.8, 4) is 44.5 Å². The second-order valence-corrected chi connectivity index (χ2v) is 21.7. The molecular formula is C65H57B. The normalized spacial score (nSPS) is 15.8. The van der Waals surface area contributed by atoms with E-state index in [1.54, 1.807) is 11.0 Å². The lowest BCUT2D eigenvalue weighted by molar-refractivity contribution is 0.157. The Hall–Kier alpha value is -6.70. The summed E-state index contributed by atoms with van der Waals surface area (Å²) in [6, 6.07) is 66.6. The van der Waals surface area contributed by atoms with Gasteiger partial charge in [0.05, 0.1) is 0 Å². The fourth-order valence-corrected chi connectivity index (χ4v) is 11.6. The van der Waals surface area contributed by atoms with Crippen LogP contribution in [0.3, 0.4) is 0 Å². The molecule has 2 unspecified atom stereocenters. The first-order chi connectivity index (χ1) is 31.9. The number of rotatable bonds is 5. The molecule has 2 atom stereocenters. The highest BCUT2D eigenvalue weighted by molar-refractivity contribution is 6.75. The third kappa shape index (κ3) is 6.12. The molecule has 1 saturated carbocycles. The number of benzene rings is 9. The maximum atomic E-state index is 2.59. The van der Waals surface area contributed by atoms with Crippen molar-refractivity contribution in [2.75, 3.05) is 0 Å². The Morgan fingerprint density at radius 1 is 0.379 bits per heavy atom. The van der Waals surface area contributed by atoms with Crippen molar-refractivity contribution in [3.63, 3.8) is 0 Å². The van der Waals surface area contributed by atoms with Crippen LogP contribution in [0, 0.1) is 16.7 Å². The minimum Gasteiger partial charge on any atom is -0.0903 e. The van der Waals surface area contributed by atoms with Crippen molar-refractivity contribution in [1.82, 2.24) is 0 Å². The molecule has 0 nitrogen and oxygen atoms in total. The first-order valence-corrected chi connectivity index (χ1v) is 24.3. The Morgan fingerprint density at radius 3 is 1.33 bits per heavy atom. The summed E-state index contributed by atoms with van der Waals surface area (Å²) in [5.74, 6) is 1.13. The Labute approximate surface area is 390 Å². The first-order valence-electron chi connectivity index (χ1n) is 24.3. The van der Waals surface area contributed by atoms with Gasteiger partial charge in [0.15, 0.2) is 6.71 Å². The molecule has 0 aliphatic heterocycles. The molecule has 2 aliphatic rings. The predicted octanol–water partition coefficient (Wildman–Crippen LogP) is 18.1. The molecule has 1 fully saturated rings. The van der Waals surface area contributed by atoms with E-state index in [-0.39, 0.29) is 0 Å². The van der Waals surface area contributed by atoms with Crippen LogP contribution in [-0.2, 0) is 0 Å². The molecule has 0 aromatic heterocycles. The van der Waals surface area contributed by atoms with Crippen molar-refractivity contribution in [2.45, 2.75) is 67.5 Å². The molecule has 0 amide bonds. The summed E-state index contributed by atoms with van der Waals surface area (Å²) < 4.78 is 0. The summed E-state index contributed by atoms with van der Waals surface area (Å²) in [5, 5.41) is 17.9. The molecule has 1 heteroatoms. The summed E-state index contributed by atoms with van der Waals surface area (Å²) in [5.41, 5.74) is 14.5. The topological polar surface area (TPSA) is 0 Å². The van der Waals surface area contributed by atoms with E-state index >= 15 is 0 Å². The highest BCUT2D eigenvalue weighted by Gasteiger charge is 2.48. The van der Waals surface area contributed by atoms with Crippen molar-refractivity contribution < 1.29 is 0 Å². The molecular weight excluding hydrogens is 792 g/mol. The minimum absolute atomic E-state index is 0.437. The molecule has 0 N–H and O–H groups in total. The lowest BCUT2D eigenvalue weighted by Gasteiger charge is -2.34. The van der Waals surface area contributed by atoms with E-state index in [1.807, 2.05) is 0 Å². The van der Waals surface area contributed by atoms with Gasteiger partial charge < -0.3 is 0 Å². The number of hydrogen-bond donors (Lipinski definition) is 0. The zero-order valence-corrected chi connectivity index (χ0v) is 39.7. The van der Waals surface area contributed by atoms with E-state index in [4.69, 9.17) is 0 Å². The standard InChI is InChI=1S/C57H39B.C8H18/c1-58(2)57-43-29-15-28-42-53(43)55(48-32-49(48)57)56-52(39-25-12-10-23-37(39)34-18-7-4-8-19-34)47-31-45-41-27-14-21-35-20-13-26-40(50(35)41)44(45)30-46(47)51(54(42)56)38-24-11-9-22-36(38)33-16-5-3-6-17-33;1-7(2,3)8(4,5)6/h3-31,48-49H,32H2,1-2H3;1-6H3. The molecule has 66 heavy (non-hydrogen) atoms. The first kappa shape index (κ1) is 40.8. The van der Waals surface area contributed by atoms with Crippen molar-refractivity contribution >= 4 is 76.8 Å². The van der Waals surface area contributed by atoms with E-state index in [2.05, 4.69) is 231 Å². The SMILES string of the molecule is CB(C)C1=c2cccc3c2c(c2c(-c4ccccc4-c4ccccc4)c4cc5c(cc4c(-c4ccccc4-c4ccccc4)c23)c2cccc3cccc5c32)C2CC12.CC(C)(C)C(C)(C)C. The van der Waals surface area contributed by atoms with Gasteiger partial charge in [0.25, 0.3) is 0 Å². The molecule has 0 heterocycles. The number of hydrogen-bond acceptors (Lipinski definition) is 0. The Morgan fingerprint density at radius 2 is 0.833 bits per heavy atom. The highest BCUT2D eigenvalue weighted by atomic mass is 14.5. The van der Waals surface area contributed by atoms with Gasteiger partial charge in [-0.3, -0.25) is 0 Å². The van der Waals surface area contributed by atoms with Crippen LogP contribution in [0.4, 0.5) is 0 Å². The smallest absolute Gasteiger partial charge is 0.0903 e. The van der Waals surface area contributed by atoms with E-state index < -0.39 is 0 Å². The van der Waals surface area contributed by atoms with Gasteiger partial charge in [-0.2, -0.15) is 0 Å². The quantitative estimate of drug-likeness (QED) is 0.151. The zero-order valence-electron chi connectivity index (χ0n) is 39.7. The molecule has 0 bridgehead atoms. The second kappa shape index (κ2) is 14.9. The van der Waals surface area contributed by atoms with Crippen molar-refractivity contribution in [2.24, 2.45) is 16.7 Å². The molecule has 2 aliphatic carbocycles. The van der Waals surface area contributed by atoms with Crippen LogP contribution < -0.4 is 5.22 Å². The van der Waals surface area contributed by atoms with Crippen LogP contribution in [0.15, 0.2) is 176 Å². The fourth-order valence-electron chi connectivity index (χ4n) is 11.6. The predicted molar refractivity (Wildman–Crippen MR) is 290 cm³/mol. The van der Waals surface area contributed by atoms with Gasteiger partial charge in [0.1, 0.15) is 0 Å². The molecule has 11 aromatic rings. The van der Waals surface area contributed by atoms with Crippen molar-refractivity contribution in [3.05, 3.63) is 187 Å². The van der Waals surface area contributed by atoms with E-state index in [9.17, 15) is 0 Å². The van der Waals surface area contributed by atoms with E-state index in [0.717, 1.165) is 0 Å². The summed E-state index contributed by atoms with van der Waals surface area (Å²) in [7, 11) is 0. The summed E-state index contributed by atoms with van der Waals surface area (Å²) in [6.45, 7) is 19.0. The van der Waals surface area contributed by atoms with Gasteiger partial charge >= 0.3 is 0 Å². The maximum absolute atomic E-state index is 2.59. The van der Waals surface area contributed by atoms with Crippen molar-refractivity contribution in [1.29, 1.82) is 0 Å². The van der Waals surface area contributed by atoms with E-state index in [0.29, 0.717) is 29.4 Å².